The van der Waals surface area contributed by atoms with E-state index in [2.05, 4.69) is 0 Å². The van der Waals surface area contributed by atoms with Crippen LogP contribution in [0.15, 0.2) is 24.3 Å². The van der Waals surface area contributed by atoms with Crippen LogP contribution in [0.25, 0.3) is 0 Å². The zero-order chi connectivity index (χ0) is 15.2. The van der Waals surface area contributed by atoms with E-state index in [-0.39, 0.29) is 24.3 Å². The first-order valence-electron chi connectivity index (χ1n) is 7.18. The van der Waals surface area contributed by atoms with Crippen molar-refractivity contribution in [1.29, 1.82) is 0 Å². The minimum Gasteiger partial charge on any atom is -0.496 e. The summed E-state index contributed by atoms with van der Waals surface area (Å²) in [4.78, 5) is 26.1. The highest BCUT2D eigenvalue weighted by Crippen LogP contribution is 2.26. The second-order valence-electron chi connectivity index (χ2n) is 5.13. The van der Waals surface area contributed by atoms with E-state index >= 15 is 0 Å². The monoisotopic (exact) mass is 291 g/mol. The molecule has 1 amide bonds. The standard InChI is InChI=1S/C16H21NO4/c1-20-14-9-4-3-8-13(14)16(19)17-10-6-5-7-12(17)11-15(18)21-2/h3-4,8-9,12H,5-7,10-11H2,1-2H3. The topological polar surface area (TPSA) is 55.8 Å². The van der Waals surface area contributed by atoms with Crippen LogP contribution in [-0.2, 0) is 9.53 Å². The highest BCUT2D eigenvalue weighted by Gasteiger charge is 2.30. The smallest absolute Gasteiger partial charge is 0.307 e. The summed E-state index contributed by atoms with van der Waals surface area (Å²) in [6.45, 7) is 0.665. The number of carbonyl (C=O) groups excluding carboxylic acids is 2. The van der Waals surface area contributed by atoms with Gasteiger partial charge in [-0.05, 0) is 31.4 Å². The lowest BCUT2D eigenvalue weighted by Gasteiger charge is -2.35. The zero-order valence-electron chi connectivity index (χ0n) is 12.5. The van der Waals surface area contributed by atoms with E-state index in [1.54, 1.807) is 24.1 Å². The molecule has 1 aliphatic heterocycles. The van der Waals surface area contributed by atoms with Gasteiger partial charge >= 0.3 is 5.97 Å². The molecule has 0 aliphatic carbocycles. The molecule has 0 spiro atoms. The number of piperidine rings is 1. The lowest BCUT2D eigenvalue weighted by Crippen LogP contribution is -2.45. The minimum absolute atomic E-state index is 0.0824. The summed E-state index contributed by atoms with van der Waals surface area (Å²) in [5.74, 6) is 0.200. The molecule has 1 aliphatic rings. The van der Waals surface area contributed by atoms with Crippen molar-refractivity contribution < 1.29 is 19.1 Å². The first-order chi connectivity index (χ1) is 10.2. The van der Waals surface area contributed by atoms with Crippen molar-refractivity contribution in [3.05, 3.63) is 29.8 Å². The van der Waals surface area contributed by atoms with Gasteiger partial charge in [0.15, 0.2) is 0 Å². The Morgan fingerprint density at radius 3 is 2.71 bits per heavy atom. The highest BCUT2D eigenvalue weighted by atomic mass is 16.5. The summed E-state index contributed by atoms with van der Waals surface area (Å²) >= 11 is 0. The van der Waals surface area contributed by atoms with Crippen LogP contribution in [0.5, 0.6) is 5.75 Å². The Bertz CT molecular complexity index is 515. The third-order valence-corrected chi connectivity index (χ3v) is 3.86. The fourth-order valence-corrected chi connectivity index (χ4v) is 2.73. The molecule has 5 heteroatoms. The summed E-state index contributed by atoms with van der Waals surface area (Å²) in [7, 11) is 2.92. The number of likely N-dealkylation sites (tertiary alicyclic amines) is 1. The van der Waals surface area contributed by atoms with Crippen molar-refractivity contribution >= 4 is 11.9 Å². The highest BCUT2D eigenvalue weighted by molar-refractivity contribution is 5.97. The molecule has 0 N–H and O–H groups in total. The van der Waals surface area contributed by atoms with E-state index in [4.69, 9.17) is 9.47 Å². The van der Waals surface area contributed by atoms with Gasteiger partial charge in [0.1, 0.15) is 5.75 Å². The Labute approximate surface area is 124 Å². The molecule has 5 nitrogen and oxygen atoms in total. The lowest BCUT2D eigenvalue weighted by atomic mass is 9.98. The van der Waals surface area contributed by atoms with Crippen LogP contribution >= 0.6 is 0 Å². The number of amides is 1. The van der Waals surface area contributed by atoms with E-state index in [9.17, 15) is 9.59 Å². The van der Waals surface area contributed by atoms with Gasteiger partial charge in [-0.1, -0.05) is 12.1 Å². The molecule has 0 bridgehead atoms. The van der Waals surface area contributed by atoms with Gasteiger partial charge in [0, 0.05) is 12.6 Å². The summed E-state index contributed by atoms with van der Waals surface area (Å²) < 4.78 is 9.99. The number of rotatable bonds is 4. The fraction of sp³-hybridized carbons (Fsp3) is 0.500. The number of hydrogen-bond donors (Lipinski definition) is 0. The third kappa shape index (κ3) is 3.54. The Balaban J connectivity index is 2.20. The molecule has 1 saturated heterocycles. The van der Waals surface area contributed by atoms with Gasteiger partial charge in [0.05, 0.1) is 26.2 Å². The van der Waals surface area contributed by atoms with Crippen molar-refractivity contribution in [1.82, 2.24) is 4.90 Å². The average Bonchev–Trinajstić information content (AvgIpc) is 2.54. The van der Waals surface area contributed by atoms with Gasteiger partial charge in [0.2, 0.25) is 0 Å². The second kappa shape index (κ2) is 7.11. The van der Waals surface area contributed by atoms with Crippen LogP contribution in [0, 0.1) is 0 Å². The molecule has 0 saturated carbocycles. The number of carbonyl (C=O) groups is 2. The quantitative estimate of drug-likeness (QED) is 0.798. The molecule has 21 heavy (non-hydrogen) atoms. The largest absolute Gasteiger partial charge is 0.496 e. The Morgan fingerprint density at radius 1 is 1.24 bits per heavy atom. The predicted molar refractivity (Wildman–Crippen MR) is 78.3 cm³/mol. The summed E-state index contributed by atoms with van der Waals surface area (Å²) in [6.07, 6.45) is 3.06. The van der Waals surface area contributed by atoms with Gasteiger partial charge < -0.3 is 14.4 Å². The van der Waals surface area contributed by atoms with Crippen molar-refractivity contribution in [3.8, 4) is 5.75 Å². The van der Waals surface area contributed by atoms with Gasteiger partial charge in [-0.2, -0.15) is 0 Å². The maximum atomic E-state index is 12.8. The van der Waals surface area contributed by atoms with E-state index in [0.29, 0.717) is 17.9 Å². The molecular weight excluding hydrogens is 270 g/mol. The minimum atomic E-state index is -0.278. The Morgan fingerprint density at radius 2 is 2.00 bits per heavy atom. The average molecular weight is 291 g/mol. The van der Waals surface area contributed by atoms with Gasteiger partial charge in [0.25, 0.3) is 5.91 Å². The number of benzene rings is 1. The molecule has 1 heterocycles. The number of para-hydroxylation sites is 1. The number of methoxy groups -OCH3 is 2. The van der Waals surface area contributed by atoms with Crippen molar-refractivity contribution in [2.45, 2.75) is 31.7 Å². The summed E-state index contributed by atoms with van der Waals surface area (Å²) in [6, 6.07) is 7.08. The molecule has 0 radical (unpaired) electrons. The zero-order valence-corrected chi connectivity index (χ0v) is 12.5. The number of hydrogen-bond acceptors (Lipinski definition) is 4. The van der Waals surface area contributed by atoms with Gasteiger partial charge in [-0.3, -0.25) is 9.59 Å². The number of esters is 1. The van der Waals surface area contributed by atoms with Crippen LogP contribution in [0.4, 0.5) is 0 Å². The lowest BCUT2D eigenvalue weighted by molar-refractivity contribution is -0.142. The number of ether oxygens (including phenoxy) is 2. The fourth-order valence-electron chi connectivity index (χ4n) is 2.73. The normalized spacial score (nSPS) is 18.2. The summed E-state index contributed by atoms with van der Waals surface area (Å²) in [5.41, 5.74) is 0.539. The maximum Gasteiger partial charge on any atom is 0.307 e. The number of nitrogens with zero attached hydrogens (tertiary/aromatic N) is 1. The molecule has 0 aromatic heterocycles. The molecule has 1 unspecified atom stereocenters. The van der Waals surface area contributed by atoms with E-state index in [1.807, 2.05) is 12.1 Å². The molecule has 1 atom stereocenters. The molecule has 1 aromatic carbocycles. The van der Waals surface area contributed by atoms with E-state index in [0.717, 1.165) is 19.3 Å². The third-order valence-electron chi connectivity index (χ3n) is 3.86. The maximum absolute atomic E-state index is 12.8. The van der Waals surface area contributed by atoms with Crippen LogP contribution in [-0.4, -0.2) is 43.6 Å². The molecule has 1 fully saturated rings. The van der Waals surface area contributed by atoms with Gasteiger partial charge in [-0.25, -0.2) is 0 Å². The molecule has 1 aromatic rings. The van der Waals surface area contributed by atoms with Crippen LogP contribution < -0.4 is 4.74 Å². The van der Waals surface area contributed by atoms with Crippen LogP contribution in [0.2, 0.25) is 0 Å². The molecular formula is C16H21NO4. The van der Waals surface area contributed by atoms with Crippen molar-refractivity contribution in [3.63, 3.8) is 0 Å². The Kier molecular flexibility index (Phi) is 5.20. The molecule has 2 rings (SSSR count). The summed E-state index contributed by atoms with van der Waals surface area (Å²) in [5, 5.41) is 0. The van der Waals surface area contributed by atoms with Crippen LogP contribution in [0.3, 0.4) is 0 Å². The Hall–Kier alpha value is -2.04. The molecule has 114 valence electrons. The van der Waals surface area contributed by atoms with Gasteiger partial charge in [-0.15, -0.1) is 0 Å². The van der Waals surface area contributed by atoms with Crippen LogP contribution in [0.1, 0.15) is 36.0 Å². The second-order valence-corrected chi connectivity index (χ2v) is 5.13. The van der Waals surface area contributed by atoms with E-state index < -0.39 is 0 Å². The predicted octanol–water partition coefficient (Wildman–Crippen LogP) is 2.25. The van der Waals surface area contributed by atoms with Crippen molar-refractivity contribution in [2.24, 2.45) is 0 Å². The van der Waals surface area contributed by atoms with Crippen molar-refractivity contribution in [2.75, 3.05) is 20.8 Å². The first-order valence-corrected chi connectivity index (χ1v) is 7.18. The van der Waals surface area contributed by atoms with E-state index in [1.165, 1.54) is 7.11 Å². The SMILES string of the molecule is COC(=O)CC1CCCCN1C(=O)c1ccccc1OC. The first kappa shape index (κ1) is 15.4.